The van der Waals surface area contributed by atoms with Crippen molar-refractivity contribution in [2.75, 3.05) is 13.2 Å². The topological polar surface area (TPSA) is 105 Å². The number of aromatic nitrogens is 4. The number of carbonyl (C=O) groups excluding carboxylic acids is 2. The molecular weight excluding hydrogens is 491 g/mol. The third-order valence-corrected chi connectivity index (χ3v) is 6.88. The van der Waals surface area contributed by atoms with E-state index in [-0.39, 0.29) is 31.1 Å². The maximum Gasteiger partial charge on any atom is 0.356 e. The van der Waals surface area contributed by atoms with Gasteiger partial charge in [0.05, 0.1) is 41.1 Å². The number of ether oxygens (including phenoxy) is 1. The zero-order valence-electron chi connectivity index (χ0n) is 19.8. The van der Waals surface area contributed by atoms with Crippen LogP contribution in [0.25, 0.3) is 0 Å². The minimum atomic E-state index is -0.445. The summed E-state index contributed by atoms with van der Waals surface area (Å²) in [5.74, 6) is -0.626. The van der Waals surface area contributed by atoms with Gasteiger partial charge in [-0.05, 0) is 45.0 Å². The van der Waals surface area contributed by atoms with Gasteiger partial charge in [0, 0.05) is 42.4 Å². The van der Waals surface area contributed by atoms with Gasteiger partial charge < -0.3 is 15.0 Å². The molecule has 1 unspecified atom stereocenters. The van der Waals surface area contributed by atoms with Crippen LogP contribution in [0.5, 0.6) is 0 Å². The molecule has 9 nitrogen and oxygen atoms in total. The smallest absolute Gasteiger partial charge is 0.356 e. The summed E-state index contributed by atoms with van der Waals surface area (Å²) in [6, 6.07) is 6.69. The summed E-state index contributed by atoms with van der Waals surface area (Å²) in [7, 11) is 0. The van der Waals surface area contributed by atoms with Gasteiger partial charge >= 0.3 is 5.97 Å². The number of fused-ring (bicyclic) bond motifs is 1. The standard InChI is InChI=1S/C24H28Cl2N6O3/c1-4-35-24(34)22-17-13-31(23(33)16-5-6-18(25)19(26)12-16)14(2)11-21(17)30-32(22)10-9-27-15(3)20-7-8-28-29-20/h5-8,12,14-15,27H,4,9-11,13H2,1-3H3,(H,28,29)/t14-,15?/m1/s1. The summed E-state index contributed by atoms with van der Waals surface area (Å²) >= 11 is 12.1. The Labute approximate surface area is 213 Å². The average Bonchev–Trinajstić information content (AvgIpc) is 3.48. The van der Waals surface area contributed by atoms with Crippen molar-refractivity contribution in [1.82, 2.24) is 30.2 Å². The normalized spacial score (nSPS) is 16.1. The van der Waals surface area contributed by atoms with E-state index in [4.69, 9.17) is 33.0 Å². The summed E-state index contributed by atoms with van der Waals surface area (Å²) < 4.78 is 7.04. The van der Waals surface area contributed by atoms with E-state index in [0.717, 1.165) is 17.0 Å². The van der Waals surface area contributed by atoms with Crippen LogP contribution < -0.4 is 5.32 Å². The molecule has 1 amide bonds. The van der Waals surface area contributed by atoms with Crippen LogP contribution in [0.15, 0.2) is 30.5 Å². The second-order valence-corrected chi connectivity index (χ2v) is 9.33. The Morgan fingerprint density at radius 3 is 2.77 bits per heavy atom. The van der Waals surface area contributed by atoms with Gasteiger partial charge in [0.1, 0.15) is 0 Å². The van der Waals surface area contributed by atoms with Crippen LogP contribution in [0.2, 0.25) is 10.0 Å². The molecule has 1 aliphatic heterocycles. The lowest BCUT2D eigenvalue weighted by Crippen LogP contribution is -2.42. The Bertz CT molecular complexity index is 1210. The molecule has 186 valence electrons. The molecule has 1 aromatic carbocycles. The lowest BCUT2D eigenvalue weighted by atomic mass is 9.98. The molecule has 0 radical (unpaired) electrons. The van der Waals surface area contributed by atoms with Crippen molar-refractivity contribution in [2.45, 2.75) is 52.4 Å². The van der Waals surface area contributed by atoms with E-state index >= 15 is 0 Å². The molecule has 11 heteroatoms. The fraction of sp³-hybridized carbons (Fsp3) is 0.417. The molecule has 0 saturated carbocycles. The van der Waals surface area contributed by atoms with Gasteiger partial charge in [0.15, 0.2) is 5.69 Å². The van der Waals surface area contributed by atoms with Crippen LogP contribution in [0.4, 0.5) is 0 Å². The molecule has 2 atom stereocenters. The quantitative estimate of drug-likeness (QED) is 0.436. The number of H-pyrrole nitrogens is 1. The first kappa shape index (κ1) is 25.2. The second kappa shape index (κ2) is 10.8. The zero-order valence-corrected chi connectivity index (χ0v) is 21.4. The SMILES string of the molecule is CCOC(=O)c1c2c(nn1CCNC(C)c1ccn[nH]1)C[C@@H](C)N(C(=O)c1ccc(Cl)c(Cl)c1)C2. The van der Waals surface area contributed by atoms with Gasteiger partial charge in [-0.2, -0.15) is 10.2 Å². The molecule has 3 heterocycles. The minimum Gasteiger partial charge on any atom is -0.461 e. The van der Waals surface area contributed by atoms with Crippen molar-refractivity contribution in [3.8, 4) is 0 Å². The number of rotatable bonds is 8. The molecule has 2 N–H and O–H groups in total. The molecule has 35 heavy (non-hydrogen) atoms. The van der Waals surface area contributed by atoms with E-state index in [1.54, 1.807) is 40.9 Å². The third kappa shape index (κ3) is 5.37. The van der Waals surface area contributed by atoms with Crippen LogP contribution >= 0.6 is 23.2 Å². The first-order chi connectivity index (χ1) is 16.8. The second-order valence-electron chi connectivity index (χ2n) is 8.52. The molecule has 1 aliphatic rings. The van der Waals surface area contributed by atoms with E-state index in [0.29, 0.717) is 40.8 Å². The molecule has 3 aromatic rings. The van der Waals surface area contributed by atoms with Crippen molar-refractivity contribution in [3.63, 3.8) is 0 Å². The summed E-state index contributed by atoms with van der Waals surface area (Å²) in [6.45, 7) is 7.30. The van der Waals surface area contributed by atoms with Gasteiger partial charge in [-0.25, -0.2) is 4.79 Å². The van der Waals surface area contributed by atoms with Crippen molar-refractivity contribution in [3.05, 3.63) is 68.7 Å². The zero-order chi connectivity index (χ0) is 25.1. The highest BCUT2D eigenvalue weighted by Gasteiger charge is 2.34. The van der Waals surface area contributed by atoms with E-state index in [1.165, 1.54) is 0 Å². The highest BCUT2D eigenvalue weighted by Crippen LogP contribution is 2.29. The molecule has 2 aromatic heterocycles. The Balaban J connectivity index is 1.57. The van der Waals surface area contributed by atoms with Gasteiger partial charge in [0.2, 0.25) is 0 Å². The minimum absolute atomic E-state index is 0.0630. The van der Waals surface area contributed by atoms with Crippen LogP contribution in [-0.4, -0.2) is 55.9 Å². The average molecular weight is 519 g/mol. The number of nitrogens with zero attached hydrogens (tertiary/aromatic N) is 4. The maximum absolute atomic E-state index is 13.3. The van der Waals surface area contributed by atoms with Crippen molar-refractivity contribution < 1.29 is 14.3 Å². The van der Waals surface area contributed by atoms with Crippen LogP contribution in [0.3, 0.4) is 0 Å². The Kier molecular flexibility index (Phi) is 7.78. The fourth-order valence-corrected chi connectivity index (χ4v) is 4.55. The number of halogens is 2. The summed E-state index contributed by atoms with van der Waals surface area (Å²) in [6.07, 6.45) is 2.24. The van der Waals surface area contributed by atoms with Crippen molar-refractivity contribution in [1.29, 1.82) is 0 Å². The highest BCUT2D eigenvalue weighted by molar-refractivity contribution is 6.42. The van der Waals surface area contributed by atoms with E-state index < -0.39 is 5.97 Å². The lowest BCUT2D eigenvalue weighted by molar-refractivity contribution is 0.0502. The predicted molar refractivity (Wildman–Crippen MR) is 133 cm³/mol. The molecule has 0 saturated heterocycles. The fourth-order valence-electron chi connectivity index (χ4n) is 4.26. The van der Waals surface area contributed by atoms with Gasteiger partial charge in [-0.15, -0.1) is 0 Å². The summed E-state index contributed by atoms with van der Waals surface area (Å²) in [4.78, 5) is 28.0. The number of nitrogens with one attached hydrogen (secondary N) is 2. The maximum atomic E-state index is 13.3. The Hall–Kier alpha value is -2.88. The first-order valence-electron chi connectivity index (χ1n) is 11.5. The van der Waals surface area contributed by atoms with Crippen LogP contribution in [0, 0.1) is 0 Å². The number of carbonyl (C=O) groups is 2. The third-order valence-electron chi connectivity index (χ3n) is 6.14. The van der Waals surface area contributed by atoms with E-state index in [9.17, 15) is 9.59 Å². The van der Waals surface area contributed by atoms with Gasteiger partial charge in [0.25, 0.3) is 5.91 Å². The largest absolute Gasteiger partial charge is 0.461 e. The number of amides is 1. The number of benzene rings is 1. The Morgan fingerprint density at radius 2 is 2.09 bits per heavy atom. The number of aromatic amines is 1. The van der Waals surface area contributed by atoms with Crippen molar-refractivity contribution >= 4 is 35.1 Å². The number of hydrogen-bond donors (Lipinski definition) is 2. The van der Waals surface area contributed by atoms with E-state index in [1.807, 2.05) is 19.9 Å². The summed E-state index contributed by atoms with van der Waals surface area (Å²) in [5, 5.41) is 15.8. The molecule has 0 bridgehead atoms. The molecular formula is C24H28Cl2N6O3. The van der Waals surface area contributed by atoms with Gasteiger partial charge in [-0.1, -0.05) is 23.2 Å². The molecule has 0 aliphatic carbocycles. The molecule has 0 fully saturated rings. The monoisotopic (exact) mass is 518 g/mol. The lowest BCUT2D eigenvalue weighted by Gasteiger charge is -2.33. The number of esters is 1. The van der Waals surface area contributed by atoms with Crippen LogP contribution in [0.1, 0.15) is 64.6 Å². The van der Waals surface area contributed by atoms with Crippen LogP contribution in [-0.2, 0) is 24.2 Å². The summed E-state index contributed by atoms with van der Waals surface area (Å²) in [5.41, 5.74) is 3.33. The highest BCUT2D eigenvalue weighted by atomic mass is 35.5. The van der Waals surface area contributed by atoms with Gasteiger partial charge in [-0.3, -0.25) is 14.6 Å². The molecule has 4 rings (SSSR count). The van der Waals surface area contributed by atoms with E-state index in [2.05, 4.69) is 15.5 Å². The number of hydrogen-bond acceptors (Lipinski definition) is 6. The first-order valence-corrected chi connectivity index (χ1v) is 12.3. The Morgan fingerprint density at radius 1 is 1.29 bits per heavy atom. The van der Waals surface area contributed by atoms with Crippen molar-refractivity contribution in [2.24, 2.45) is 0 Å². The molecule has 0 spiro atoms. The predicted octanol–water partition coefficient (Wildman–Crippen LogP) is 4.03.